The van der Waals surface area contributed by atoms with E-state index in [4.69, 9.17) is 9.47 Å². The molecule has 0 spiro atoms. The first kappa shape index (κ1) is 22.5. The van der Waals surface area contributed by atoms with Gasteiger partial charge in [-0.1, -0.05) is 33.1 Å². The van der Waals surface area contributed by atoms with Crippen LogP contribution in [-0.2, 0) is 9.53 Å². The lowest BCUT2D eigenvalue weighted by molar-refractivity contribution is -0.387. The summed E-state index contributed by atoms with van der Waals surface area (Å²) in [6.45, 7) is 5.35. The van der Waals surface area contributed by atoms with Gasteiger partial charge >= 0.3 is 5.97 Å². The molecule has 0 radical (unpaired) electrons. The van der Waals surface area contributed by atoms with Crippen LogP contribution in [-0.4, -0.2) is 29.9 Å². The Morgan fingerprint density at radius 1 is 1.36 bits per heavy atom. The summed E-state index contributed by atoms with van der Waals surface area (Å²) in [6.07, 6.45) is 6.96. The maximum absolute atomic E-state index is 12.0. The van der Waals surface area contributed by atoms with Crippen molar-refractivity contribution in [3.8, 4) is 5.75 Å². The number of ether oxygens (including phenoxy) is 2. The first-order valence-corrected chi connectivity index (χ1v) is 11.2. The highest BCUT2D eigenvalue weighted by molar-refractivity contribution is 7.99. The van der Waals surface area contributed by atoms with E-state index in [0.29, 0.717) is 41.4 Å². The van der Waals surface area contributed by atoms with Crippen LogP contribution in [0.2, 0.25) is 0 Å². The number of unbranched alkanes of at least 4 members (excludes halogenated alkanes) is 1. The van der Waals surface area contributed by atoms with Crippen LogP contribution in [0.15, 0.2) is 23.1 Å². The SMILES string of the molecule is CCCCC(CC)COC(=O)CCSc1ccc(OCC2CC2)cc1[N+](=O)[O-]. The van der Waals surface area contributed by atoms with Gasteiger partial charge in [0.15, 0.2) is 0 Å². The van der Waals surface area contributed by atoms with Crippen molar-refractivity contribution in [1.29, 1.82) is 0 Å². The molecule has 1 fully saturated rings. The topological polar surface area (TPSA) is 78.7 Å². The minimum atomic E-state index is -0.399. The average Bonchev–Trinajstić information content (AvgIpc) is 3.51. The maximum Gasteiger partial charge on any atom is 0.306 e. The van der Waals surface area contributed by atoms with Crippen molar-refractivity contribution in [3.63, 3.8) is 0 Å². The predicted molar refractivity (Wildman–Crippen MR) is 111 cm³/mol. The largest absolute Gasteiger partial charge is 0.493 e. The molecule has 0 heterocycles. The molecular formula is C21H31NO5S. The van der Waals surface area contributed by atoms with Crippen LogP contribution in [0.4, 0.5) is 5.69 Å². The van der Waals surface area contributed by atoms with E-state index in [1.807, 2.05) is 0 Å². The number of nitro groups is 1. The van der Waals surface area contributed by atoms with Gasteiger partial charge in [-0.3, -0.25) is 14.9 Å². The molecule has 0 N–H and O–H groups in total. The van der Waals surface area contributed by atoms with Crippen molar-refractivity contribution in [2.24, 2.45) is 11.8 Å². The summed E-state index contributed by atoms with van der Waals surface area (Å²) in [4.78, 5) is 23.5. The van der Waals surface area contributed by atoms with E-state index in [9.17, 15) is 14.9 Å². The third kappa shape index (κ3) is 8.09. The fraction of sp³-hybridized carbons (Fsp3) is 0.667. The lowest BCUT2D eigenvalue weighted by Crippen LogP contribution is -2.14. The molecule has 6 nitrogen and oxygen atoms in total. The lowest BCUT2D eigenvalue weighted by Gasteiger charge is -2.14. The van der Waals surface area contributed by atoms with Gasteiger partial charge in [0, 0.05) is 5.75 Å². The second-order valence-electron chi connectivity index (χ2n) is 7.34. The van der Waals surface area contributed by atoms with Crippen LogP contribution in [0.1, 0.15) is 58.8 Å². The van der Waals surface area contributed by atoms with Gasteiger partial charge in [0.05, 0.1) is 35.5 Å². The zero-order valence-electron chi connectivity index (χ0n) is 16.9. The Kier molecular flexibility index (Phi) is 9.61. The van der Waals surface area contributed by atoms with Crippen LogP contribution < -0.4 is 4.74 Å². The number of esters is 1. The number of carbonyl (C=O) groups is 1. The Balaban J connectivity index is 1.77. The molecule has 0 aliphatic heterocycles. The van der Waals surface area contributed by atoms with Crippen molar-refractivity contribution in [2.75, 3.05) is 19.0 Å². The number of thioether (sulfide) groups is 1. The summed E-state index contributed by atoms with van der Waals surface area (Å²) in [5.41, 5.74) is 0.0253. The molecule has 0 aromatic heterocycles. The first-order valence-electron chi connectivity index (χ1n) is 10.2. The van der Waals surface area contributed by atoms with E-state index in [-0.39, 0.29) is 18.1 Å². The smallest absolute Gasteiger partial charge is 0.306 e. The van der Waals surface area contributed by atoms with Crippen LogP contribution in [0.5, 0.6) is 5.75 Å². The zero-order valence-corrected chi connectivity index (χ0v) is 17.7. The molecule has 1 atom stereocenters. The molecule has 28 heavy (non-hydrogen) atoms. The monoisotopic (exact) mass is 409 g/mol. The van der Waals surface area contributed by atoms with Gasteiger partial charge < -0.3 is 9.47 Å². The zero-order chi connectivity index (χ0) is 20.4. The third-order valence-electron chi connectivity index (χ3n) is 4.90. The van der Waals surface area contributed by atoms with Crippen LogP contribution >= 0.6 is 11.8 Å². The molecule has 1 aliphatic carbocycles. The molecule has 2 rings (SSSR count). The minimum Gasteiger partial charge on any atom is -0.493 e. The van der Waals surface area contributed by atoms with E-state index >= 15 is 0 Å². The fourth-order valence-electron chi connectivity index (χ4n) is 2.78. The van der Waals surface area contributed by atoms with Gasteiger partial charge in [0.25, 0.3) is 5.69 Å². The molecule has 1 aromatic rings. The molecule has 0 bridgehead atoms. The van der Waals surface area contributed by atoms with E-state index in [1.165, 1.54) is 30.7 Å². The van der Waals surface area contributed by atoms with Gasteiger partial charge in [-0.05, 0) is 43.2 Å². The Hall–Kier alpha value is -1.76. The summed E-state index contributed by atoms with van der Waals surface area (Å²) in [5.74, 6) is 1.75. The van der Waals surface area contributed by atoms with Crippen LogP contribution in [0, 0.1) is 22.0 Å². The number of hydrogen-bond acceptors (Lipinski definition) is 6. The normalized spacial score (nSPS) is 14.5. The third-order valence-corrected chi connectivity index (χ3v) is 5.96. The number of nitrogens with zero attached hydrogens (tertiary/aromatic N) is 1. The number of benzene rings is 1. The van der Waals surface area contributed by atoms with Crippen LogP contribution in [0.25, 0.3) is 0 Å². The highest BCUT2D eigenvalue weighted by Gasteiger charge is 2.23. The number of nitro benzene ring substituents is 1. The standard InChI is InChI=1S/C21H31NO5S/c1-3-5-6-16(4-2)14-27-21(23)11-12-28-20-10-9-18(13-19(20)22(24)25)26-15-17-7-8-17/h9-10,13,16-17H,3-8,11-12,14-15H2,1-2H3. The quantitative estimate of drug-likeness (QED) is 0.172. The van der Waals surface area contributed by atoms with Gasteiger partial charge in [0.2, 0.25) is 0 Å². The Morgan fingerprint density at radius 2 is 2.14 bits per heavy atom. The molecule has 1 aromatic carbocycles. The highest BCUT2D eigenvalue weighted by Crippen LogP contribution is 2.34. The van der Waals surface area contributed by atoms with Crippen molar-refractivity contribution in [1.82, 2.24) is 0 Å². The van der Waals surface area contributed by atoms with E-state index in [1.54, 1.807) is 12.1 Å². The molecular weight excluding hydrogens is 378 g/mol. The summed E-state index contributed by atoms with van der Waals surface area (Å²) < 4.78 is 11.0. The average molecular weight is 410 g/mol. The molecule has 1 unspecified atom stereocenters. The van der Waals surface area contributed by atoms with E-state index < -0.39 is 4.92 Å². The summed E-state index contributed by atoms with van der Waals surface area (Å²) in [7, 11) is 0. The second-order valence-corrected chi connectivity index (χ2v) is 8.48. The van der Waals surface area contributed by atoms with Gasteiger partial charge in [-0.25, -0.2) is 0 Å². The van der Waals surface area contributed by atoms with Crippen LogP contribution in [0.3, 0.4) is 0 Å². The summed E-state index contributed by atoms with van der Waals surface area (Å²) >= 11 is 1.30. The predicted octanol–water partition coefficient (Wildman–Crippen LogP) is 5.63. The van der Waals surface area contributed by atoms with E-state index in [2.05, 4.69) is 13.8 Å². The van der Waals surface area contributed by atoms with Gasteiger partial charge in [-0.15, -0.1) is 11.8 Å². The maximum atomic E-state index is 12.0. The minimum absolute atomic E-state index is 0.0253. The number of carbonyl (C=O) groups excluding carboxylic acids is 1. The molecule has 0 saturated heterocycles. The van der Waals surface area contributed by atoms with Gasteiger partial charge in [-0.2, -0.15) is 0 Å². The number of rotatable bonds is 14. The lowest BCUT2D eigenvalue weighted by atomic mass is 10.0. The molecule has 1 saturated carbocycles. The molecule has 0 amide bonds. The molecule has 156 valence electrons. The second kappa shape index (κ2) is 11.9. The first-order chi connectivity index (χ1) is 13.5. The Morgan fingerprint density at radius 3 is 2.79 bits per heavy atom. The summed E-state index contributed by atoms with van der Waals surface area (Å²) in [5, 5.41) is 11.4. The fourth-order valence-corrected chi connectivity index (χ4v) is 3.71. The van der Waals surface area contributed by atoms with Gasteiger partial charge in [0.1, 0.15) is 5.75 Å². The molecule has 1 aliphatic rings. The summed E-state index contributed by atoms with van der Waals surface area (Å²) in [6, 6.07) is 4.94. The number of hydrogen-bond donors (Lipinski definition) is 0. The Labute approximate surface area is 171 Å². The van der Waals surface area contributed by atoms with Crippen molar-refractivity contribution in [2.45, 2.75) is 63.7 Å². The van der Waals surface area contributed by atoms with Crippen molar-refractivity contribution < 1.29 is 19.2 Å². The highest BCUT2D eigenvalue weighted by atomic mass is 32.2. The van der Waals surface area contributed by atoms with Crippen molar-refractivity contribution in [3.05, 3.63) is 28.3 Å². The van der Waals surface area contributed by atoms with E-state index in [0.717, 1.165) is 25.7 Å². The molecule has 7 heteroatoms. The van der Waals surface area contributed by atoms with Crippen molar-refractivity contribution >= 4 is 23.4 Å². The Bertz CT molecular complexity index is 648.